The predicted octanol–water partition coefficient (Wildman–Crippen LogP) is 0.676. The lowest BCUT2D eigenvalue weighted by atomic mass is 10.0. The van der Waals surface area contributed by atoms with Gasteiger partial charge in [-0.05, 0) is 24.3 Å². The summed E-state index contributed by atoms with van der Waals surface area (Å²) in [7, 11) is 0. The lowest BCUT2D eigenvalue weighted by Crippen LogP contribution is -2.76. The van der Waals surface area contributed by atoms with Gasteiger partial charge in [-0.15, -0.1) is 0 Å². The van der Waals surface area contributed by atoms with Crippen LogP contribution in [0.25, 0.3) is 0 Å². The van der Waals surface area contributed by atoms with Crippen molar-refractivity contribution in [2.75, 3.05) is 0 Å². The van der Waals surface area contributed by atoms with Gasteiger partial charge in [0.15, 0.2) is 37.0 Å². The van der Waals surface area contributed by atoms with Gasteiger partial charge >= 0.3 is 0 Å². The number of carbonyl (C=O) groups excluding carboxylic acids is 6. The summed E-state index contributed by atoms with van der Waals surface area (Å²) in [6.07, 6.45) is -6.65. The molecular weight excluding hydrogens is 516 g/mol. The molecule has 0 saturated carbocycles. The number of piperazine rings is 1. The number of amides is 6. The summed E-state index contributed by atoms with van der Waals surface area (Å²) in [5.41, 5.74) is 0.597. The van der Waals surface area contributed by atoms with Crippen LogP contribution >= 0.6 is 0 Å². The molecule has 0 spiro atoms. The van der Waals surface area contributed by atoms with Crippen LogP contribution in [0.5, 0.6) is 0 Å². The summed E-state index contributed by atoms with van der Waals surface area (Å²) in [6, 6.07) is 16.8. The molecule has 5 aliphatic rings. The van der Waals surface area contributed by atoms with Crippen LogP contribution < -0.4 is 0 Å². The molecule has 12 heteroatoms. The van der Waals surface area contributed by atoms with Gasteiger partial charge in [0, 0.05) is 38.8 Å². The number of rotatable bonds is 2. The Labute approximate surface area is 230 Å². The fraction of sp³-hybridized carbons (Fsp3) is 0.357. The summed E-state index contributed by atoms with van der Waals surface area (Å²) in [4.78, 5) is 90.3. The second kappa shape index (κ2) is 8.90. The third-order valence-corrected chi connectivity index (χ3v) is 8.18. The van der Waals surface area contributed by atoms with Crippen molar-refractivity contribution in [1.29, 1.82) is 0 Å². The average Bonchev–Trinajstić information content (AvgIpc) is 3.39. The third-order valence-electron chi connectivity index (χ3n) is 8.18. The third kappa shape index (κ3) is 3.25. The molecule has 4 atom stereocenters. The number of hydrogen-bond acceptors (Lipinski definition) is 6. The van der Waals surface area contributed by atoms with Crippen LogP contribution in [-0.4, -0.2) is 102 Å². The highest BCUT2D eigenvalue weighted by molar-refractivity contribution is 5.99. The quantitative estimate of drug-likeness (QED) is 0.548. The minimum atomic E-state index is -1.12. The molecule has 2 aromatic carbocycles. The van der Waals surface area contributed by atoms with E-state index in [4.69, 9.17) is 0 Å². The topological polar surface area (TPSA) is 122 Å². The van der Waals surface area contributed by atoms with Crippen LogP contribution in [0.3, 0.4) is 0 Å². The van der Waals surface area contributed by atoms with E-state index in [0.717, 1.165) is 0 Å². The number of carbonyl (C=O) groups is 6. The zero-order valence-corrected chi connectivity index (χ0v) is 22.4. The van der Waals surface area contributed by atoms with Crippen molar-refractivity contribution in [2.45, 2.75) is 64.7 Å². The van der Waals surface area contributed by atoms with Crippen LogP contribution in [0.15, 0.2) is 60.7 Å². The second-order valence-electron chi connectivity index (χ2n) is 10.3. The molecule has 5 aliphatic heterocycles. The Kier molecular flexibility index (Phi) is 5.68. The van der Waals surface area contributed by atoms with Gasteiger partial charge in [0.2, 0.25) is 23.6 Å². The lowest BCUT2D eigenvalue weighted by Gasteiger charge is -2.54. The lowest BCUT2D eigenvalue weighted by molar-refractivity contribution is -0.158. The summed E-state index contributed by atoms with van der Waals surface area (Å²) in [5.74, 6) is -2.88. The summed E-state index contributed by atoms with van der Waals surface area (Å²) >= 11 is 0. The van der Waals surface area contributed by atoms with E-state index in [1.165, 1.54) is 57.1 Å². The predicted molar refractivity (Wildman–Crippen MR) is 138 cm³/mol. The van der Waals surface area contributed by atoms with E-state index in [9.17, 15) is 28.8 Å². The van der Waals surface area contributed by atoms with E-state index in [2.05, 4.69) is 0 Å². The van der Waals surface area contributed by atoms with E-state index >= 15 is 0 Å². The Bertz CT molecular complexity index is 1280. The Hall–Kier alpha value is -4.74. The van der Waals surface area contributed by atoms with Gasteiger partial charge in [-0.3, -0.25) is 58.2 Å². The molecule has 5 saturated heterocycles. The Morgan fingerprint density at radius 1 is 0.400 bits per heavy atom. The smallest absolute Gasteiger partial charge is 0.257 e. The molecule has 0 radical (unpaired) electrons. The maximum atomic E-state index is 14.3. The zero-order chi connectivity index (χ0) is 28.6. The molecule has 40 heavy (non-hydrogen) atoms. The summed E-state index contributed by atoms with van der Waals surface area (Å²) in [6.45, 7) is 5.24. The first kappa shape index (κ1) is 25.5. The molecule has 6 amide bonds. The van der Waals surface area contributed by atoms with Crippen LogP contribution in [0.4, 0.5) is 0 Å². The molecule has 5 heterocycles. The van der Waals surface area contributed by atoms with Gasteiger partial charge in [-0.25, -0.2) is 0 Å². The number of benzene rings is 2. The first-order chi connectivity index (χ1) is 19.1. The molecule has 0 aliphatic carbocycles. The van der Waals surface area contributed by atoms with Crippen LogP contribution in [0.2, 0.25) is 0 Å². The fourth-order valence-corrected chi connectivity index (χ4v) is 6.90. The first-order valence-corrected chi connectivity index (χ1v) is 13.0. The highest BCUT2D eigenvalue weighted by Gasteiger charge is 2.76. The van der Waals surface area contributed by atoms with Crippen LogP contribution in [0, 0.1) is 0 Å². The Morgan fingerprint density at radius 3 is 0.850 bits per heavy atom. The largest absolute Gasteiger partial charge is 0.294 e. The fourth-order valence-electron chi connectivity index (χ4n) is 6.90. The van der Waals surface area contributed by atoms with Gasteiger partial charge in [-0.2, -0.15) is 0 Å². The molecule has 7 rings (SSSR count). The van der Waals surface area contributed by atoms with Crippen LogP contribution in [0.1, 0.15) is 48.4 Å². The van der Waals surface area contributed by atoms with E-state index < -0.39 is 72.4 Å². The highest BCUT2D eigenvalue weighted by Crippen LogP contribution is 2.52. The summed E-state index contributed by atoms with van der Waals surface area (Å²) < 4.78 is 0. The van der Waals surface area contributed by atoms with E-state index in [-0.39, 0.29) is 0 Å². The second-order valence-corrected chi connectivity index (χ2v) is 10.3. The van der Waals surface area contributed by atoms with E-state index in [0.29, 0.717) is 11.1 Å². The molecule has 12 nitrogen and oxygen atoms in total. The highest BCUT2D eigenvalue weighted by atomic mass is 16.2. The standard InChI is InChI=1S/C28H28N6O6/c1-15(35)29-21-22-31(17(3)37)25-26(32(22)18(4)38)34(28(40)20-13-9-6-10-14-20)24(30(21)16(2)36)23(29)33(25)27(39)19-11-7-5-8-12-19/h5-14,21-26H,1-4H3. The molecule has 6 bridgehead atoms. The van der Waals surface area contributed by atoms with Gasteiger partial charge in [0.25, 0.3) is 11.8 Å². The van der Waals surface area contributed by atoms with Crippen molar-refractivity contribution in [1.82, 2.24) is 29.4 Å². The molecule has 4 unspecified atom stereocenters. The van der Waals surface area contributed by atoms with Gasteiger partial charge < -0.3 is 0 Å². The molecule has 5 fully saturated rings. The summed E-state index contributed by atoms with van der Waals surface area (Å²) in [5, 5.41) is 0. The molecule has 0 N–H and O–H groups in total. The van der Waals surface area contributed by atoms with Gasteiger partial charge in [0.1, 0.15) is 0 Å². The minimum Gasteiger partial charge on any atom is -0.294 e. The van der Waals surface area contributed by atoms with Gasteiger partial charge in [0.05, 0.1) is 0 Å². The molecule has 2 aromatic rings. The SMILES string of the molecule is CC(=O)N1C2C3N(C(C)=O)C4C(N3C(C)=O)N(C(=O)c3ccccc3)C(C1N4C(=O)c1ccccc1)N2C(C)=O. The number of nitrogens with zero attached hydrogens (tertiary/aromatic N) is 6. The normalized spacial score (nSPS) is 27.8. The Morgan fingerprint density at radius 2 is 0.625 bits per heavy atom. The van der Waals surface area contributed by atoms with Crippen LogP contribution in [-0.2, 0) is 19.2 Å². The van der Waals surface area contributed by atoms with Crippen molar-refractivity contribution in [3.63, 3.8) is 0 Å². The first-order valence-electron chi connectivity index (χ1n) is 13.0. The monoisotopic (exact) mass is 544 g/mol. The minimum absolute atomic E-state index is 0.299. The van der Waals surface area contributed by atoms with Crippen molar-refractivity contribution in [3.8, 4) is 0 Å². The Balaban J connectivity index is 1.68. The van der Waals surface area contributed by atoms with Crippen molar-refractivity contribution >= 4 is 35.4 Å². The molecular formula is C28H28N6O6. The zero-order valence-electron chi connectivity index (χ0n) is 22.4. The van der Waals surface area contributed by atoms with E-state index in [1.807, 2.05) is 0 Å². The van der Waals surface area contributed by atoms with Crippen molar-refractivity contribution in [3.05, 3.63) is 71.8 Å². The maximum absolute atomic E-state index is 14.3. The van der Waals surface area contributed by atoms with Crippen molar-refractivity contribution < 1.29 is 28.8 Å². The average molecular weight is 545 g/mol. The van der Waals surface area contributed by atoms with Gasteiger partial charge in [-0.1, -0.05) is 36.4 Å². The van der Waals surface area contributed by atoms with E-state index in [1.54, 1.807) is 60.7 Å². The van der Waals surface area contributed by atoms with Crippen molar-refractivity contribution in [2.24, 2.45) is 0 Å². The molecule has 206 valence electrons. The molecule has 0 aromatic heterocycles. The maximum Gasteiger partial charge on any atom is 0.257 e. The number of hydrogen-bond donors (Lipinski definition) is 0.